The number of imidazole rings is 1. The molecule has 2 atom stereocenters. The zero-order valence-corrected chi connectivity index (χ0v) is 13.7. The first-order valence-electron chi connectivity index (χ1n) is 8.26. The van der Waals surface area contributed by atoms with Gasteiger partial charge in [0.2, 0.25) is 0 Å². The molecule has 2 N–H and O–H groups in total. The minimum Gasteiger partial charge on any atom is -0.492 e. The topological polar surface area (TPSA) is 86.3 Å². The lowest BCUT2D eigenvalue weighted by molar-refractivity contribution is 0.0783. The molecule has 126 valence electrons. The fourth-order valence-electron chi connectivity index (χ4n) is 3.57. The van der Waals surface area contributed by atoms with E-state index in [0.29, 0.717) is 18.8 Å². The average Bonchev–Trinajstić information content (AvgIpc) is 3.19. The fourth-order valence-corrected chi connectivity index (χ4v) is 3.57. The molecule has 1 amide bonds. The number of aromatic nitrogens is 3. The highest BCUT2D eigenvalue weighted by Gasteiger charge is 2.36. The molecule has 0 unspecified atom stereocenters. The van der Waals surface area contributed by atoms with Crippen LogP contribution in [0.15, 0.2) is 24.8 Å². The number of carbonyl (C=O) groups is 1. The van der Waals surface area contributed by atoms with Gasteiger partial charge in [-0.2, -0.15) is 0 Å². The van der Waals surface area contributed by atoms with Gasteiger partial charge >= 0.3 is 0 Å². The molecule has 4 heterocycles. The average molecular weight is 327 g/mol. The number of likely N-dealkylation sites (tertiary alicyclic amines) is 1. The van der Waals surface area contributed by atoms with E-state index in [2.05, 4.69) is 9.97 Å². The van der Waals surface area contributed by atoms with Crippen molar-refractivity contribution < 1.29 is 9.53 Å². The van der Waals surface area contributed by atoms with Crippen LogP contribution in [0.3, 0.4) is 0 Å². The molecular formula is C17H21N5O2. The summed E-state index contributed by atoms with van der Waals surface area (Å²) >= 11 is 0. The van der Waals surface area contributed by atoms with Gasteiger partial charge < -0.3 is 19.9 Å². The standard InChI is InChI=1S/C17H21N5O2/c1-21-10-19-6-15(21)12-8-22(9-13(12)18)17(23)14-5-11-3-2-4-24-16(11)7-20-14/h5-7,10,12-13H,2-4,8-9,18H2,1H3/t12-,13-/m1/s1. The van der Waals surface area contributed by atoms with Crippen LogP contribution < -0.4 is 10.5 Å². The zero-order chi connectivity index (χ0) is 16.7. The lowest BCUT2D eigenvalue weighted by atomic mass is 10.0. The van der Waals surface area contributed by atoms with Gasteiger partial charge in [-0.25, -0.2) is 9.97 Å². The fraction of sp³-hybridized carbons (Fsp3) is 0.471. The summed E-state index contributed by atoms with van der Waals surface area (Å²) < 4.78 is 7.53. The van der Waals surface area contributed by atoms with Crippen molar-refractivity contribution in [2.75, 3.05) is 19.7 Å². The number of hydrogen-bond acceptors (Lipinski definition) is 5. The van der Waals surface area contributed by atoms with E-state index in [-0.39, 0.29) is 17.9 Å². The maximum atomic E-state index is 12.8. The number of pyridine rings is 1. The Morgan fingerprint density at radius 2 is 2.25 bits per heavy atom. The Bertz CT molecular complexity index is 772. The Morgan fingerprint density at radius 1 is 1.38 bits per heavy atom. The van der Waals surface area contributed by atoms with Crippen LogP contribution in [0.2, 0.25) is 0 Å². The first-order valence-corrected chi connectivity index (χ1v) is 8.26. The van der Waals surface area contributed by atoms with Gasteiger partial charge in [-0.1, -0.05) is 0 Å². The number of rotatable bonds is 2. The Kier molecular flexibility index (Phi) is 3.72. The van der Waals surface area contributed by atoms with E-state index < -0.39 is 0 Å². The SMILES string of the molecule is Cn1cncc1[C@@H]1CN(C(=O)c2cc3c(cn2)OCCC3)C[C@H]1N. The summed E-state index contributed by atoms with van der Waals surface area (Å²) in [5.41, 5.74) is 8.87. The summed E-state index contributed by atoms with van der Waals surface area (Å²) in [7, 11) is 1.95. The van der Waals surface area contributed by atoms with E-state index in [9.17, 15) is 4.79 Å². The monoisotopic (exact) mass is 327 g/mol. The number of amides is 1. The summed E-state index contributed by atoms with van der Waals surface area (Å²) in [5, 5.41) is 0. The second-order valence-electron chi connectivity index (χ2n) is 6.54. The van der Waals surface area contributed by atoms with Crippen LogP contribution in [0.1, 0.15) is 34.1 Å². The van der Waals surface area contributed by atoms with Crippen LogP contribution in [0.4, 0.5) is 0 Å². The van der Waals surface area contributed by atoms with Gasteiger partial charge in [0.25, 0.3) is 5.91 Å². The van der Waals surface area contributed by atoms with Crippen molar-refractivity contribution >= 4 is 5.91 Å². The van der Waals surface area contributed by atoms with Crippen LogP contribution >= 0.6 is 0 Å². The third-order valence-corrected chi connectivity index (χ3v) is 4.90. The van der Waals surface area contributed by atoms with Crippen molar-refractivity contribution in [1.29, 1.82) is 0 Å². The Balaban J connectivity index is 1.54. The molecule has 7 nitrogen and oxygen atoms in total. The van der Waals surface area contributed by atoms with Crippen LogP contribution in [0, 0.1) is 0 Å². The minimum atomic E-state index is -0.0923. The Hall–Kier alpha value is -2.41. The van der Waals surface area contributed by atoms with Gasteiger partial charge in [-0.15, -0.1) is 0 Å². The van der Waals surface area contributed by atoms with E-state index in [1.807, 2.05) is 23.9 Å². The number of ether oxygens (including phenoxy) is 1. The van der Waals surface area contributed by atoms with E-state index >= 15 is 0 Å². The third-order valence-electron chi connectivity index (χ3n) is 4.90. The third kappa shape index (κ3) is 2.54. The van der Waals surface area contributed by atoms with Crippen molar-refractivity contribution in [2.24, 2.45) is 12.8 Å². The Morgan fingerprint density at radius 3 is 3.04 bits per heavy atom. The highest BCUT2D eigenvalue weighted by atomic mass is 16.5. The predicted octanol–water partition coefficient (Wildman–Crippen LogP) is 0.707. The molecule has 0 bridgehead atoms. The van der Waals surface area contributed by atoms with Crippen LogP contribution in [0.25, 0.3) is 0 Å². The lowest BCUT2D eigenvalue weighted by Crippen LogP contribution is -2.32. The van der Waals surface area contributed by atoms with Gasteiger partial charge in [-0.05, 0) is 24.5 Å². The second-order valence-corrected chi connectivity index (χ2v) is 6.54. The lowest BCUT2D eigenvalue weighted by Gasteiger charge is -2.19. The zero-order valence-electron chi connectivity index (χ0n) is 13.7. The first kappa shape index (κ1) is 15.1. The van der Waals surface area contributed by atoms with Gasteiger partial charge in [0.15, 0.2) is 0 Å². The largest absolute Gasteiger partial charge is 0.492 e. The summed E-state index contributed by atoms with van der Waals surface area (Å²) in [5.74, 6) is 0.828. The molecule has 0 spiro atoms. The van der Waals surface area contributed by atoms with Gasteiger partial charge in [0.05, 0.1) is 19.1 Å². The van der Waals surface area contributed by atoms with E-state index in [0.717, 1.165) is 36.5 Å². The van der Waals surface area contributed by atoms with Crippen LogP contribution in [-0.4, -0.2) is 51.1 Å². The van der Waals surface area contributed by atoms with Crippen molar-refractivity contribution in [3.05, 3.63) is 41.7 Å². The number of carbonyl (C=O) groups excluding carboxylic acids is 1. The second kappa shape index (κ2) is 5.90. The van der Waals surface area contributed by atoms with Gasteiger partial charge in [0, 0.05) is 44.0 Å². The molecule has 1 saturated heterocycles. The molecule has 1 fully saturated rings. The van der Waals surface area contributed by atoms with E-state index in [1.54, 1.807) is 17.4 Å². The van der Waals surface area contributed by atoms with Gasteiger partial charge in [-0.3, -0.25) is 4.79 Å². The molecule has 2 aliphatic rings. The van der Waals surface area contributed by atoms with Crippen molar-refractivity contribution in [3.8, 4) is 5.75 Å². The van der Waals surface area contributed by atoms with E-state index in [1.165, 1.54) is 0 Å². The molecule has 2 aromatic rings. The molecule has 4 rings (SSSR count). The molecule has 0 saturated carbocycles. The molecule has 7 heteroatoms. The van der Waals surface area contributed by atoms with Crippen molar-refractivity contribution in [2.45, 2.75) is 24.8 Å². The molecule has 0 aromatic carbocycles. The number of nitrogens with zero attached hydrogens (tertiary/aromatic N) is 4. The number of hydrogen-bond donors (Lipinski definition) is 1. The molecule has 0 aliphatic carbocycles. The maximum absolute atomic E-state index is 12.8. The smallest absolute Gasteiger partial charge is 0.272 e. The minimum absolute atomic E-state index is 0.0662. The summed E-state index contributed by atoms with van der Waals surface area (Å²) in [4.78, 5) is 23.1. The first-order chi connectivity index (χ1) is 11.6. The number of aryl methyl sites for hydroxylation is 2. The molecule has 0 radical (unpaired) electrons. The number of nitrogens with two attached hydrogens (primary N) is 1. The van der Waals surface area contributed by atoms with Crippen molar-refractivity contribution in [3.63, 3.8) is 0 Å². The predicted molar refractivity (Wildman–Crippen MR) is 87.9 cm³/mol. The van der Waals surface area contributed by atoms with Crippen LogP contribution in [0.5, 0.6) is 5.75 Å². The molecule has 2 aliphatic heterocycles. The Labute approximate surface area is 140 Å². The van der Waals surface area contributed by atoms with E-state index in [4.69, 9.17) is 10.5 Å². The quantitative estimate of drug-likeness (QED) is 0.878. The molecule has 2 aromatic heterocycles. The summed E-state index contributed by atoms with van der Waals surface area (Å²) in [6.07, 6.45) is 7.15. The maximum Gasteiger partial charge on any atom is 0.272 e. The summed E-state index contributed by atoms with van der Waals surface area (Å²) in [6.45, 7) is 1.84. The highest BCUT2D eigenvalue weighted by Crippen LogP contribution is 2.28. The summed E-state index contributed by atoms with van der Waals surface area (Å²) in [6, 6.07) is 1.77. The molecular weight excluding hydrogens is 306 g/mol. The molecule has 24 heavy (non-hydrogen) atoms. The van der Waals surface area contributed by atoms with Gasteiger partial charge in [0.1, 0.15) is 11.4 Å². The highest BCUT2D eigenvalue weighted by molar-refractivity contribution is 5.93. The number of fused-ring (bicyclic) bond motifs is 1. The normalized spacial score (nSPS) is 23.0. The van der Waals surface area contributed by atoms with Crippen molar-refractivity contribution in [1.82, 2.24) is 19.4 Å². The van der Waals surface area contributed by atoms with Crippen LogP contribution in [-0.2, 0) is 13.5 Å².